The number of halogens is 2. The van der Waals surface area contributed by atoms with Crippen LogP contribution in [-0.2, 0) is 0 Å². The van der Waals surface area contributed by atoms with Gasteiger partial charge in [0.2, 0.25) is 0 Å². The summed E-state index contributed by atoms with van der Waals surface area (Å²) in [5.74, 6) is 0. The summed E-state index contributed by atoms with van der Waals surface area (Å²) in [5.41, 5.74) is 0. The van der Waals surface area contributed by atoms with E-state index in [1.807, 2.05) is 119 Å². The maximum Gasteiger partial charge on any atom is 0.0636 e. The third-order valence-electron chi connectivity index (χ3n) is 5.92. The Kier molecular flexibility index (Phi) is 8.04. The zero-order valence-electron chi connectivity index (χ0n) is 19.9. The molecule has 10 aromatic rings. The average Bonchev–Trinajstić information content (AvgIpc) is 3.69. The molecule has 0 aliphatic carbocycles. The minimum Gasteiger partial charge on any atom is -0.269 e. The molecule has 0 aliphatic rings. The summed E-state index contributed by atoms with van der Waals surface area (Å²) in [6, 6.07) is 15.7. The van der Waals surface area contributed by atoms with Crippen LogP contribution in [0.25, 0.3) is 66.2 Å². The van der Waals surface area contributed by atoms with Crippen LogP contribution in [0.3, 0.4) is 0 Å². The van der Waals surface area contributed by atoms with Crippen LogP contribution in [0, 0.1) is 0 Å². The minimum atomic E-state index is 0. The van der Waals surface area contributed by atoms with Gasteiger partial charge in [-0.05, 0) is 85.3 Å². The molecule has 40 heavy (non-hydrogen) atoms. The number of thiophene rings is 10. The largest absolute Gasteiger partial charge is 0.269 e. The minimum absolute atomic E-state index is 0. The van der Waals surface area contributed by atoms with Crippen molar-refractivity contribution in [3.8, 4) is 9.75 Å². The molecule has 0 N–H and O–H groups in total. The molecule has 0 atom stereocenters. The Balaban J connectivity index is 0.000000133. The van der Waals surface area contributed by atoms with E-state index in [9.17, 15) is 0 Å². The smallest absolute Gasteiger partial charge is 0.0636 e. The van der Waals surface area contributed by atoms with Gasteiger partial charge in [-0.15, -0.1) is 102 Å². The Labute approximate surface area is 277 Å². The molecule has 0 saturated carbocycles. The molecule has 10 heterocycles. The number of rotatable bonds is 1. The van der Waals surface area contributed by atoms with E-state index in [-0.39, 0.29) is 6.13 Å². The first-order chi connectivity index (χ1) is 19.2. The molecule has 0 nitrogen and oxygen atoms in total. The average molecular weight is 774 g/mol. The quantitative estimate of drug-likeness (QED) is 0.156. The van der Waals surface area contributed by atoms with E-state index in [4.69, 9.17) is 0 Å². The van der Waals surface area contributed by atoms with Gasteiger partial charge in [-0.2, -0.15) is 11.3 Å². The molecular weight excluding hydrogens is 756 g/mol. The molecule has 0 bridgehead atoms. The van der Waals surface area contributed by atoms with Gasteiger partial charge < -0.3 is 0 Å². The van der Waals surface area contributed by atoms with Gasteiger partial charge in [0, 0.05) is 49.2 Å². The number of hydrogen-bond acceptors (Lipinski definition) is 10. The fourth-order valence-corrected chi connectivity index (χ4v) is 16.5. The van der Waals surface area contributed by atoms with E-state index < -0.39 is 0 Å². The summed E-state index contributed by atoms with van der Waals surface area (Å²) < 4.78 is 18.6. The van der Waals surface area contributed by atoms with Gasteiger partial charge in [0.1, 0.15) is 0 Å². The van der Waals surface area contributed by atoms with Crippen molar-refractivity contribution in [3.63, 3.8) is 0 Å². The van der Waals surface area contributed by atoms with Crippen LogP contribution in [0.5, 0.6) is 0 Å². The Morgan fingerprint density at radius 2 is 0.850 bits per heavy atom. The topological polar surface area (TPSA) is 0 Å². The summed E-state index contributed by atoms with van der Waals surface area (Å²) >= 11 is 22.1. The fourth-order valence-electron chi connectivity index (χ4n) is 4.24. The second-order valence-electron chi connectivity index (χ2n) is 8.31. The standard InChI is InChI=1S/C16H6S6.C8H4S3.C4H3BrS.FH.H2/c1-3-17-13-7(1)19-11-5-9(21-15(11)13)10-6-12-16(22-10)14-8(20-12)2-4-18-14;1-3-9-7-5(1)11-6-2-4-10-8(6)7;5-4-1-2-6-3-4;;/h1-6H;1-4H;1-3H;2*1H/i;;;;1+2. The molecule has 0 unspecified atom stereocenters. The lowest BCUT2D eigenvalue weighted by Crippen LogP contribution is -1.57. The second-order valence-corrected chi connectivity index (χ2v) is 19.0. The Bertz CT molecular complexity index is 2180. The third-order valence-corrected chi connectivity index (χ3v) is 18.1. The monoisotopic (exact) mass is 772 g/mol. The van der Waals surface area contributed by atoms with Gasteiger partial charge in [-0.1, -0.05) is 0 Å². The van der Waals surface area contributed by atoms with Crippen molar-refractivity contribution in [2.45, 2.75) is 0 Å². The first kappa shape index (κ1) is 27.8. The first-order valence-electron chi connectivity index (χ1n) is 11.5. The van der Waals surface area contributed by atoms with Crippen molar-refractivity contribution in [3.05, 3.63) is 79.2 Å². The second kappa shape index (κ2) is 11.6. The predicted molar refractivity (Wildman–Crippen MR) is 201 cm³/mol. The van der Waals surface area contributed by atoms with Gasteiger partial charge in [-0.3, -0.25) is 4.70 Å². The van der Waals surface area contributed by atoms with E-state index >= 15 is 0 Å². The van der Waals surface area contributed by atoms with Gasteiger partial charge >= 0.3 is 0 Å². The first-order valence-corrected chi connectivity index (χ1v) is 20.9. The zero-order chi connectivity index (χ0) is 25.9. The Morgan fingerprint density at radius 1 is 0.450 bits per heavy atom. The Morgan fingerprint density at radius 3 is 1.20 bits per heavy atom. The van der Waals surface area contributed by atoms with Crippen molar-refractivity contribution >= 4 is 186 Å². The van der Waals surface area contributed by atoms with Crippen LogP contribution in [-0.4, -0.2) is 0 Å². The highest BCUT2D eigenvalue weighted by Crippen LogP contribution is 2.49. The van der Waals surface area contributed by atoms with Crippen LogP contribution < -0.4 is 0 Å². The van der Waals surface area contributed by atoms with E-state index in [1.165, 1.54) is 70.6 Å². The van der Waals surface area contributed by atoms with Gasteiger partial charge in [0.15, 0.2) is 0 Å². The highest BCUT2D eigenvalue weighted by molar-refractivity contribution is 9.10. The van der Waals surface area contributed by atoms with Crippen LogP contribution >= 0.6 is 129 Å². The van der Waals surface area contributed by atoms with Gasteiger partial charge in [-0.25, -0.2) is 0 Å². The molecule has 0 saturated heterocycles. The molecule has 202 valence electrons. The summed E-state index contributed by atoms with van der Waals surface area (Å²) in [6.45, 7) is 0. The molecule has 0 amide bonds. The lowest BCUT2D eigenvalue weighted by atomic mass is 10.3. The summed E-state index contributed by atoms with van der Waals surface area (Å²) in [6.07, 6.45) is 0. The van der Waals surface area contributed by atoms with Crippen molar-refractivity contribution in [2.75, 3.05) is 0 Å². The van der Waals surface area contributed by atoms with Crippen LogP contribution in [0.2, 0.25) is 0 Å². The molecule has 0 fully saturated rings. The van der Waals surface area contributed by atoms with Crippen LogP contribution in [0.1, 0.15) is 1.43 Å². The normalized spacial score (nSPS) is 11.4. The van der Waals surface area contributed by atoms with E-state index in [2.05, 4.69) is 73.8 Å². The molecule has 10 rings (SSSR count). The molecule has 0 spiro atoms. The summed E-state index contributed by atoms with van der Waals surface area (Å²) in [5, 5.41) is 12.8. The number of hydrogen-bond donors (Lipinski definition) is 0. The van der Waals surface area contributed by atoms with Gasteiger partial charge in [0.25, 0.3) is 0 Å². The van der Waals surface area contributed by atoms with E-state index in [0.29, 0.717) is 0 Å². The van der Waals surface area contributed by atoms with E-state index in [1.54, 1.807) is 11.3 Å². The summed E-state index contributed by atoms with van der Waals surface area (Å²) in [4.78, 5) is 2.85. The SMILES string of the molecule is Brc1ccsc1.F.[3HH].c1cc2sc3cc(-c4cc5sc6ccsc6c5s4)sc3c2s1.c1cc2sc3ccsc3c2s1. The zero-order valence-corrected chi connectivity index (χ0v) is 29.6. The molecule has 12 heteroatoms. The maximum absolute atomic E-state index is 3.29. The molecule has 0 radical (unpaired) electrons. The van der Waals surface area contributed by atoms with Crippen LogP contribution in [0.4, 0.5) is 4.70 Å². The van der Waals surface area contributed by atoms with Gasteiger partial charge in [0.05, 0.1) is 28.2 Å². The predicted octanol–water partition coefficient (Wildman–Crippen LogP) is 15.4. The number of fused-ring (bicyclic) bond motifs is 9. The van der Waals surface area contributed by atoms with E-state index in [0.717, 1.165) is 0 Å². The lowest BCUT2D eigenvalue weighted by molar-refractivity contribution is 1.11. The molecule has 10 aromatic heterocycles. The third kappa shape index (κ3) is 4.98. The van der Waals surface area contributed by atoms with Crippen LogP contribution in [0.15, 0.2) is 79.2 Å². The maximum atomic E-state index is 3.29. The fraction of sp³-hybridized carbons (Fsp3) is 0. The van der Waals surface area contributed by atoms with Crippen molar-refractivity contribution < 1.29 is 6.13 Å². The highest BCUT2D eigenvalue weighted by Gasteiger charge is 2.16. The van der Waals surface area contributed by atoms with Crippen molar-refractivity contribution in [2.24, 2.45) is 0 Å². The lowest BCUT2D eigenvalue weighted by Gasteiger charge is -1.88. The molecular formula is C28H16BrFS10. The highest BCUT2D eigenvalue weighted by atomic mass is 79.9. The Hall–Kier alpha value is -1.03. The van der Waals surface area contributed by atoms with Crippen molar-refractivity contribution in [1.29, 1.82) is 0 Å². The molecule has 0 aliphatic heterocycles. The van der Waals surface area contributed by atoms with Crippen molar-refractivity contribution in [1.82, 2.24) is 0 Å². The molecule has 0 aromatic carbocycles. The summed E-state index contributed by atoms with van der Waals surface area (Å²) in [7, 11) is 0.